The summed E-state index contributed by atoms with van der Waals surface area (Å²) in [5.74, 6) is 0.886. The van der Waals surface area contributed by atoms with Crippen LogP contribution in [0.1, 0.15) is 19.0 Å². The van der Waals surface area contributed by atoms with E-state index in [1.807, 2.05) is 37.3 Å². The van der Waals surface area contributed by atoms with Crippen molar-refractivity contribution in [1.82, 2.24) is 19.7 Å². The van der Waals surface area contributed by atoms with E-state index < -0.39 is 0 Å². The van der Waals surface area contributed by atoms with E-state index in [9.17, 15) is 4.79 Å². The van der Waals surface area contributed by atoms with Crippen molar-refractivity contribution in [3.05, 3.63) is 63.5 Å². The van der Waals surface area contributed by atoms with Crippen molar-refractivity contribution in [1.29, 1.82) is 0 Å². The number of rotatable bonds is 4. The lowest BCUT2D eigenvalue weighted by Crippen LogP contribution is -2.24. The van der Waals surface area contributed by atoms with Gasteiger partial charge in [0.1, 0.15) is 5.69 Å². The summed E-state index contributed by atoms with van der Waals surface area (Å²) in [5, 5.41) is 4.72. The molecule has 7 heteroatoms. The molecule has 2 heterocycles. The van der Waals surface area contributed by atoms with Gasteiger partial charge in [-0.05, 0) is 55.8 Å². The molecule has 0 saturated heterocycles. The molecule has 0 radical (unpaired) electrons. The average molecular weight is 381 g/mol. The maximum atomic E-state index is 12.4. The molecular weight excluding hydrogens is 364 g/mol. The van der Waals surface area contributed by atoms with Crippen LogP contribution in [0.25, 0.3) is 33.9 Å². The minimum atomic E-state index is -0.0540. The van der Waals surface area contributed by atoms with Crippen LogP contribution < -0.4 is 5.56 Å². The Hall–Kier alpha value is -2.99. The van der Waals surface area contributed by atoms with Gasteiger partial charge >= 0.3 is 0 Å². The predicted molar refractivity (Wildman–Crippen MR) is 105 cm³/mol. The molecule has 2 aromatic heterocycles. The molecule has 0 amide bonds. The number of benzene rings is 2. The van der Waals surface area contributed by atoms with Crippen LogP contribution in [0.2, 0.25) is 5.02 Å². The van der Waals surface area contributed by atoms with Crippen LogP contribution in [0.5, 0.6) is 0 Å². The molecule has 27 heavy (non-hydrogen) atoms. The number of hydrogen-bond donors (Lipinski definition) is 0. The standard InChI is InChI=1S/C20H17ClN4O2/c1-3-10-25-17-9-6-14(11-16(17)22-12(2)20(25)26)18-23-19(27-24-18)13-4-7-15(21)8-5-13/h4-9,11H,3,10H2,1-2H3. The monoisotopic (exact) mass is 380 g/mol. The highest BCUT2D eigenvalue weighted by atomic mass is 35.5. The van der Waals surface area contributed by atoms with Gasteiger partial charge in [-0.3, -0.25) is 4.79 Å². The van der Waals surface area contributed by atoms with E-state index >= 15 is 0 Å². The third-order valence-corrected chi connectivity index (χ3v) is 4.58. The fourth-order valence-electron chi connectivity index (χ4n) is 3.01. The van der Waals surface area contributed by atoms with Crippen LogP contribution in [0.3, 0.4) is 0 Å². The Morgan fingerprint density at radius 3 is 2.56 bits per heavy atom. The predicted octanol–water partition coefficient (Wildman–Crippen LogP) is 4.49. The normalized spacial score (nSPS) is 11.2. The van der Waals surface area contributed by atoms with E-state index in [-0.39, 0.29) is 5.56 Å². The van der Waals surface area contributed by atoms with Gasteiger partial charge < -0.3 is 9.09 Å². The highest BCUT2D eigenvalue weighted by molar-refractivity contribution is 6.30. The Bertz CT molecular complexity index is 1180. The topological polar surface area (TPSA) is 73.8 Å². The van der Waals surface area contributed by atoms with Crippen molar-refractivity contribution in [3.63, 3.8) is 0 Å². The van der Waals surface area contributed by atoms with Crippen molar-refractivity contribution >= 4 is 22.6 Å². The van der Waals surface area contributed by atoms with Gasteiger partial charge in [0.15, 0.2) is 0 Å². The van der Waals surface area contributed by atoms with Crippen molar-refractivity contribution in [2.45, 2.75) is 26.8 Å². The van der Waals surface area contributed by atoms with Crippen LogP contribution in [0.4, 0.5) is 0 Å². The molecule has 6 nitrogen and oxygen atoms in total. The molecule has 0 spiro atoms. The van der Waals surface area contributed by atoms with Crippen molar-refractivity contribution in [3.8, 4) is 22.8 Å². The summed E-state index contributed by atoms with van der Waals surface area (Å²) in [4.78, 5) is 21.3. The molecule has 0 atom stereocenters. The van der Waals surface area contributed by atoms with E-state index in [1.54, 1.807) is 23.6 Å². The average Bonchev–Trinajstić information content (AvgIpc) is 3.16. The zero-order chi connectivity index (χ0) is 19.0. The summed E-state index contributed by atoms with van der Waals surface area (Å²) in [5.41, 5.74) is 3.53. The summed E-state index contributed by atoms with van der Waals surface area (Å²) in [6, 6.07) is 12.8. The Balaban J connectivity index is 1.78. The fraction of sp³-hybridized carbons (Fsp3) is 0.200. The first-order chi connectivity index (χ1) is 13.1. The second-order valence-electron chi connectivity index (χ2n) is 6.29. The molecule has 2 aromatic carbocycles. The number of hydrogen-bond acceptors (Lipinski definition) is 5. The van der Waals surface area contributed by atoms with E-state index in [4.69, 9.17) is 16.1 Å². The number of fused-ring (bicyclic) bond motifs is 1. The van der Waals surface area contributed by atoms with Gasteiger partial charge in [0, 0.05) is 22.7 Å². The van der Waals surface area contributed by atoms with Crippen molar-refractivity contribution in [2.24, 2.45) is 0 Å². The van der Waals surface area contributed by atoms with Crippen LogP contribution in [0, 0.1) is 6.92 Å². The zero-order valence-electron chi connectivity index (χ0n) is 14.9. The van der Waals surface area contributed by atoms with Gasteiger partial charge in [-0.1, -0.05) is 23.7 Å². The summed E-state index contributed by atoms with van der Waals surface area (Å²) in [6.45, 7) is 4.43. The lowest BCUT2D eigenvalue weighted by molar-refractivity contribution is 0.432. The third kappa shape index (κ3) is 3.24. The van der Waals surface area contributed by atoms with Gasteiger partial charge in [0.2, 0.25) is 5.82 Å². The number of aromatic nitrogens is 4. The molecule has 0 bridgehead atoms. The van der Waals surface area contributed by atoms with E-state index in [0.29, 0.717) is 29.0 Å². The molecule has 0 aliphatic heterocycles. The van der Waals surface area contributed by atoms with Crippen LogP contribution in [-0.4, -0.2) is 19.7 Å². The van der Waals surface area contributed by atoms with Gasteiger partial charge in [0.05, 0.1) is 11.0 Å². The number of halogens is 1. The minimum Gasteiger partial charge on any atom is -0.334 e. The third-order valence-electron chi connectivity index (χ3n) is 4.33. The molecule has 0 aliphatic rings. The quantitative estimate of drug-likeness (QED) is 0.521. The maximum Gasteiger partial charge on any atom is 0.272 e. The Morgan fingerprint density at radius 1 is 1.07 bits per heavy atom. The first-order valence-corrected chi connectivity index (χ1v) is 9.06. The molecule has 4 aromatic rings. The van der Waals surface area contributed by atoms with Gasteiger partial charge in [0.25, 0.3) is 11.4 Å². The molecule has 0 saturated carbocycles. The Kier molecular flexibility index (Phi) is 4.49. The highest BCUT2D eigenvalue weighted by Gasteiger charge is 2.13. The second-order valence-corrected chi connectivity index (χ2v) is 6.72. The van der Waals surface area contributed by atoms with E-state index in [1.165, 1.54) is 0 Å². The van der Waals surface area contributed by atoms with E-state index in [2.05, 4.69) is 15.1 Å². The first kappa shape index (κ1) is 17.4. The lowest BCUT2D eigenvalue weighted by atomic mass is 10.1. The molecule has 0 fully saturated rings. The molecule has 0 aliphatic carbocycles. The SMILES string of the molecule is CCCn1c(=O)c(C)nc2cc(-c3noc(-c4ccc(Cl)cc4)n3)ccc21. The zero-order valence-corrected chi connectivity index (χ0v) is 15.7. The first-order valence-electron chi connectivity index (χ1n) is 8.68. The Morgan fingerprint density at radius 2 is 1.81 bits per heavy atom. The Labute approximate surface area is 160 Å². The van der Waals surface area contributed by atoms with Gasteiger partial charge in [-0.15, -0.1) is 0 Å². The lowest BCUT2D eigenvalue weighted by Gasteiger charge is -2.10. The summed E-state index contributed by atoms with van der Waals surface area (Å²) in [6.07, 6.45) is 0.871. The van der Waals surface area contributed by atoms with Crippen LogP contribution in [-0.2, 0) is 6.54 Å². The van der Waals surface area contributed by atoms with Crippen LogP contribution in [0.15, 0.2) is 51.8 Å². The van der Waals surface area contributed by atoms with E-state index in [0.717, 1.165) is 28.6 Å². The van der Waals surface area contributed by atoms with Crippen LogP contribution >= 0.6 is 11.6 Å². The molecule has 136 valence electrons. The molecule has 0 N–H and O–H groups in total. The molecule has 4 rings (SSSR count). The molecular formula is C20H17ClN4O2. The van der Waals surface area contributed by atoms with Gasteiger partial charge in [-0.2, -0.15) is 4.98 Å². The summed E-state index contributed by atoms with van der Waals surface area (Å²) < 4.78 is 7.14. The van der Waals surface area contributed by atoms with Gasteiger partial charge in [-0.25, -0.2) is 4.98 Å². The summed E-state index contributed by atoms with van der Waals surface area (Å²) in [7, 11) is 0. The fourth-order valence-corrected chi connectivity index (χ4v) is 3.14. The van der Waals surface area contributed by atoms with Crippen molar-refractivity contribution in [2.75, 3.05) is 0 Å². The largest absolute Gasteiger partial charge is 0.334 e. The maximum absolute atomic E-state index is 12.4. The minimum absolute atomic E-state index is 0.0540. The second kappa shape index (κ2) is 6.96. The smallest absolute Gasteiger partial charge is 0.272 e. The van der Waals surface area contributed by atoms with Crippen molar-refractivity contribution < 1.29 is 4.52 Å². The number of nitrogens with zero attached hydrogens (tertiary/aromatic N) is 4. The number of aryl methyl sites for hydroxylation is 2. The summed E-state index contributed by atoms with van der Waals surface area (Å²) >= 11 is 5.92. The molecule has 0 unspecified atom stereocenters. The highest BCUT2D eigenvalue weighted by Crippen LogP contribution is 2.25.